The van der Waals surface area contributed by atoms with Gasteiger partial charge in [-0.25, -0.2) is 0 Å². The van der Waals surface area contributed by atoms with Gasteiger partial charge in [0.05, 0.1) is 6.10 Å². The maximum atomic E-state index is 5.95. The molecule has 0 aromatic carbocycles. The molecule has 1 fully saturated rings. The number of hydrogen-bond acceptors (Lipinski definition) is 3. The first kappa shape index (κ1) is 16.9. The van der Waals surface area contributed by atoms with Gasteiger partial charge in [-0.05, 0) is 49.9 Å². The van der Waals surface area contributed by atoms with E-state index in [0.717, 1.165) is 24.9 Å². The molecule has 1 rings (SSSR count). The van der Waals surface area contributed by atoms with Crippen molar-refractivity contribution >= 4 is 0 Å². The predicted octanol–water partition coefficient (Wildman–Crippen LogP) is 2.79. The van der Waals surface area contributed by atoms with Gasteiger partial charge in [0.2, 0.25) is 0 Å². The van der Waals surface area contributed by atoms with E-state index >= 15 is 0 Å². The van der Waals surface area contributed by atoms with E-state index in [4.69, 9.17) is 10.5 Å². The summed E-state index contributed by atoms with van der Waals surface area (Å²) >= 11 is 0. The van der Waals surface area contributed by atoms with Crippen molar-refractivity contribution in [3.63, 3.8) is 0 Å². The van der Waals surface area contributed by atoms with Crippen molar-refractivity contribution in [1.82, 2.24) is 5.32 Å². The molecule has 0 saturated heterocycles. The van der Waals surface area contributed by atoms with Crippen LogP contribution in [-0.2, 0) is 4.74 Å². The van der Waals surface area contributed by atoms with Gasteiger partial charge in [-0.2, -0.15) is 0 Å². The van der Waals surface area contributed by atoms with Gasteiger partial charge in [0.1, 0.15) is 0 Å². The van der Waals surface area contributed by atoms with Crippen LogP contribution in [0.4, 0.5) is 0 Å². The molecule has 3 N–H and O–H groups in total. The number of ether oxygens (including phenoxy) is 1. The monoisotopic (exact) mass is 270 g/mol. The van der Waals surface area contributed by atoms with Crippen molar-refractivity contribution in [2.75, 3.05) is 20.2 Å². The van der Waals surface area contributed by atoms with Crippen LogP contribution in [0.15, 0.2) is 0 Å². The summed E-state index contributed by atoms with van der Waals surface area (Å²) < 4.78 is 5.29. The van der Waals surface area contributed by atoms with E-state index in [2.05, 4.69) is 33.0 Å². The highest BCUT2D eigenvalue weighted by Crippen LogP contribution is 2.40. The van der Waals surface area contributed by atoms with Crippen LogP contribution in [-0.4, -0.2) is 32.3 Å². The quantitative estimate of drug-likeness (QED) is 0.780. The number of nitrogens with two attached hydrogens (primary N) is 1. The molecule has 19 heavy (non-hydrogen) atoms. The summed E-state index contributed by atoms with van der Waals surface area (Å²) in [5.41, 5.74) is 6.41. The lowest BCUT2D eigenvalue weighted by atomic mass is 9.68. The summed E-state index contributed by atoms with van der Waals surface area (Å²) in [7, 11) is 1.76. The zero-order chi connectivity index (χ0) is 14.5. The van der Waals surface area contributed by atoms with Crippen molar-refractivity contribution in [2.24, 2.45) is 23.0 Å². The Bertz CT molecular complexity index is 242. The lowest BCUT2D eigenvalue weighted by Crippen LogP contribution is -2.46. The van der Waals surface area contributed by atoms with Crippen LogP contribution in [0.25, 0.3) is 0 Å². The summed E-state index contributed by atoms with van der Waals surface area (Å²) in [4.78, 5) is 0. The van der Waals surface area contributed by atoms with E-state index in [1.165, 1.54) is 25.7 Å². The lowest BCUT2D eigenvalue weighted by Gasteiger charge is -2.39. The van der Waals surface area contributed by atoms with Gasteiger partial charge in [-0.1, -0.05) is 20.8 Å². The lowest BCUT2D eigenvalue weighted by molar-refractivity contribution is 0.102. The number of methoxy groups -OCH3 is 1. The molecule has 2 atom stereocenters. The van der Waals surface area contributed by atoms with Gasteiger partial charge in [-0.3, -0.25) is 0 Å². The van der Waals surface area contributed by atoms with Crippen molar-refractivity contribution in [3.8, 4) is 0 Å². The fourth-order valence-electron chi connectivity index (χ4n) is 3.23. The Labute approximate surface area is 119 Å². The van der Waals surface area contributed by atoms with E-state index in [-0.39, 0.29) is 6.10 Å². The summed E-state index contributed by atoms with van der Waals surface area (Å²) in [5.74, 6) is 1.62. The van der Waals surface area contributed by atoms with Gasteiger partial charge in [-0.15, -0.1) is 0 Å². The molecule has 0 radical (unpaired) electrons. The van der Waals surface area contributed by atoms with Crippen LogP contribution >= 0.6 is 0 Å². The normalized spacial score (nSPS) is 28.1. The summed E-state index contributed by atoms with van der Waals surface area (Å²) in [6, 6.07) is 0.457. The second kappa shape index (κ2) is 7.61. The summed E-state index contributed by atoms with van der Waals surface area (Å²) in [6.07, 6.45) is 5.61. The highest BCUT2D eigenvalue weighted by Gasteiger charge is 2.32. The number of nitrogens with one attached hydrogen (secondary N) is 1. The molecule has 0 aromatic rings. The Hall–Kier alpha value is -0.120. The van der Waals surface area contributed by atoms with Crippen LogP contribution in [0.3, 0.4) is 0 Å². The first-order chi connectivity index (χ1) is 8.88. The molecule has 3 nitrogen and oxygen atoms in total. The van der Waals surface area contributed by atoms with E-state index < -0.39 is 0 Å². The van der Waals surface area contributed by atoms with E-state index in [1.807, 2.05) is 0 Å². The largest absolute Gasteiger partial charge is 0.380 e. The molecule has 0 aliphatic heterocycles. The molecular weight excluding hydrogens is 236 g/mol. The van der Waals surface area contributed by atoms with Crippen LogP contribution in [0, 0.1) is 17.3 Å². The first-order valence-corrected chi connectivity index (χ1v) is 7.84. The van der Waals surface area contributed by atoms with Gasteiger partial charge in [0.15, 0.2) is 0 Å². The molecule has 2 unspecified atom stereocenters. The molecule has 0 bridgehead atoms. The average Bonchev–Trinajstić information content (AvgIpc) is 2.38. The van der Waals surface area contributed by atoms with E-state index in [1.54, 1.807) is 7.11 Å². The van der Waals surface area contributed by atoms with E-state index in [9.17, 15) is 0 Å². The molecule has 0 heterocycles. The Morgan fingerprint density at radius 3 is 2.21 bits per heavy atom. The Morgan fingerprint density at radius 2 is 1.79 bits per heavy atom. The number of rotatable bonds is 6. The maximum Gasteiger partial charge on any atom is 0.0667 e. The van der Waals surface area contributed by atoms with Crippen molar-refractivity contribution in [2.45, 2.75) is 65.5 Å². The molecule has 0 spiro atoms. The fraction of sp³-hybridized carbons (Fsp3) is 1.00. The number of hydrogen-bond donors (Lipinski definition) is 2. The van der Waals surface area contributed by atoms with Gasteiger partial charge in [0, 0.05) is 26.2 Å². The van der Waals surface area contributed by atoms with Gasteiger partial charge >= 0.3 is 0 Å². The third kappa shape index (κ3) is 5.41. The SMILES string of the molecule is COC(C)CNC(CN)C1CCC(C(C)(C)C)CC1. The second-order valence-electron chi connectivity index (χ2n) is 7.27. The van der Waals surface area contributed by atoms with Gasteiger partial charge in [0.25, 0.3) is 0 Å². The molecule has 114 valence electrons. The summed E-state index contributed by atoms with van der Waals surface area (Å²) in [6.45, 7) is 10.8. The summed E-state index contributed by atoms with van der Waals surface area (Å²) in [5, 5.41) is 3.59. The predicted molar refractivity (Wildman–Crippen MR) is 82.2 cm³/mol. The molecule has 1 aliphatic rings. The van der Waals surface area contributed by atoms with Crippen LogP contribution in [0.5, 0.6) is 0 Å². The minimum absolute atomic E-state index is 0.264. The molecular formula is C16H34N2O. The molecule has 0 amide bonds. The highest BCUT2D eigenvalue weighted by atomic mass is 16.5. The zero-order valence-electron chi connectivity index (χ0n) is 13.5. The first-order valence-electron chi connectivity index (χ1n) is 7.84. The topological polar surface area (TPSA) is 47.3 Å². The Morgan fingerprint density at radius 1 is 1.21 bits per heavy atom. The minimum atomic E-state index is 0.264. The Kier molecular flexibility index (Phi) is 6.78. The standard InChI is InChI=1S/C16H34N2O/c1-12(19-5)11-18-15(10-17)13-6-8-14(9-7-13)16(2,3)4/h12-15,18H,6-11,17H2,1-5H3. The van der Waals surface area contributed by atoms with Crippen LogP contribution in [0.1, 0.15) is 53.4 Å². The maximum absolute atomic E-state index is 5.95. The smallest absolute Gasteiger partial charge is 0.0667 e. The van der Waals surface area contributed by atoms with Crippen molar-refractivity contribution in [3.05, 3.63) is 0 Å². The fourth-order valence-corrected chi connectivity index (χ4v) is 3.23. The highest BCUT2D eigenvalue weighted by molar-refractivity contribution is 4.86. The molecule has 0 aromatic heterocycles. The van der Waals surface area contributed by atoms with Crippen molar-refractivity contribution < 1.29 is 4.74 Å². The van der Waals surface area contributed by atoms with Crippen molar-refractivity contribution in [1.29, 1.82) is 0 Å². The zero-order valence-corrected chi connectivity index (χ0v) is 13.5. The van der Waals surface area contributed by atoms with Crippen LogP contribution < -0.4 is 11.1 Å². The second-order valence-corrected chi connectivity index (χ2v) is 7.27. The molecule has 3 heteroatoms. The van der Waals surface area contributed by atoms with Crippen LogP contribution in [0.2, 0.25) is 0 Å². The van der Waals surface area contributed by atoms with E-state index in [0.29, 0.717) is 11.5 Å². The third-order valence-electron chi connectivity index (χ3n) is 4.89. The average molecular weight is 270 g/mol. The molecule has 1 saturated carbocycles. The Balaban J connectivity index is 2.39. The molecule has 1 aliphatic carbocycles. The third-order valence-corrected chi connectivity index (χ3v) is 4.89. The van der Waals surface area contributed by atoms with Gasteiger partial charge < -0.3 is 15.8 Å². The minimum Gasteiger partial charge on any atom is -0.380 e.